The first kappa shape index (κ1) is 4.35. The predicted molar refractivity (Wildman–Crippen MR) is 15.7 cm³/mol. The van der Waals surface area contributed by atoms with Gasteiger partial charge in [0.05, 0.1) is 0 Å². The lowest BCUT2D eigenvalue weighted by atomic mass is 15.9. The topological polar surface area (TPSA) is 37.3 Å². The van der Waals surface area contributed by atoms with Crippen molar-refractivity contribution in [3.63, 3.8) is 0 Å². The van der Waals surface area contributed by atoms with Crippen LogP contribution in [0.3, 0.4) is 0 Å². The van der Waals surface area contributed by atoms with Crippen LogP contribution in [-0.2, 0) is 4.57 Å². The third-order valence-corrected chi connectivity index (χ3v) is 0. The van der Waals surface area contributed by atoms with E-state index in [9.17, 15) is 0 Å². The monoisotopic (exact) mass is 98.9 g/mol. The van der Waals surface area contributed by atoms with Crippen LogP contribution < -0.4 is 0 Å². The van der Waals surface area contributed by atoms with Gasteiger partial charge in [-0.2, -0.15) is 0 Å². The molecule has 1 unspecified atom stereocenters. The Morgan fingerprint density at radius 2 is 2.00 bits per heavy atom. The van der Waals surface area contributed by atoms with Crippen LogP contribution in [0, 0.1) is 0 Å². The van der Waals surface area contributed by atoms with Crippen LogP contribution in [0.15, 0.2) is 0 Å². The zero-order valence-electron chi connectivity index (χ0n) is 1.68. The number of hydrogen-bond acceptors (Lipinski definition) is 1. The molecule has 2 nitrogen and oxygen atoms in total. The second-order valence-corrected chi connectivity index (χ2v) is 1.55. The highest BCUT2D eigenvalue weighted by Gasteiger charge is 1.95. The summed E-state index contributed by atoms with van der Waals surface area (Å²) in [6.45, 7) is 0. The minimum absolute atomic E-state index is 2.40. The van der Waals surface area contributed by atoms with Gasteiger partial charge < -0.3 is 0 Å². The van der Waals surface area contributed by atoms with Crippen LogP contribution in [0.5, 0.6) is 0 Å². The molecule has 0 rings (SSSR count). The van der Waals surface area contributed by atoms with Crippen LogP contribution in [0.1, 0.15) is 0 Å². The van der Waals surface area contributed by atoms with Gasteiger partial charge in [0, 0.05) is 0 Å². The minimum Gasteiger partial charge on any atom is -0.145 e. The van der Waals surface area contributed by atoms with E-state index < -0.39 is 7.38 Å². The molecule has 0 fully saturated rings. The normalized spacial score (nSPS) is 11.0. The molecule has 24 valence electrons. The first-order valence-electron chi connectivity index (χ1n) is 0.552. The third kappa shape index (κ3) is 35.0. The van der Waals surface area contributed by atoms with E-state index in [1.54, 1.807) is 0 Å². The summed E-state index contributed by atoms with van der Waals surface area (Å²) in [6.07, 6.45) is 0. The molecule has 4 heavy (non-hydrogen) atoms. The Hall–Kier alpha value is 0.350. The van der Waals surface area contributed by atoms with E-state index in [0.717, 1.165) is 0 Å². The molecule has 1 N–H and O–H groups in total. The van der Waals surface area contributed by atoms with Crippen molar-refractivity contribution in [2.45, 2.75) is 0 Å². The Morgan fingerprint density at radius 3 is 2.00 bits per heavy atom. The van der Waals surface area contributed by atoms with Crippen molar-refractivity contribution in [1.29, 1.82) is 0 Å². The van der Waals surface area contributed by atoms with Gasteiger partial charge in [0.15, 0.2) is 0 Å². The SMILES string of the molecule is O=[P+](O)Cl. The molecule has 0 aliphatic rings. The van der Waals surface area contributed by atoms with Crippen molar-refractivity contribution >= 4 is 18.6 Å². The lowest BCUT2D eigenvalue weighted by Crippen LogP contribution is -1.21. The molecular formula is HClO2P+. The number of rotatable bonds is 0. The van der Waals surface area contributed by atoms with Gasteiger partial charge in [0.2, 0.25) is 11.2 Å². The average Bonchev–Trinajstić information content (AvgIpc) is 0.811. The molecular weight excluding hydrogens is 98.4 g/mol. The van der Waals surface area contributed by atoms with Gasteiger partial charge in [-0.1, -0.05) is 0 Å². The summed E-state index contributed by atoms with van der Waals surface area (Å²) in [6, 6.07) is 0. The van der Waals surface area contributed by atoms with E-state index in [1.807, 2.05) is 0 Å². The van der Waals surface area contributed by atoms with Gasteiger partial charge in [-0.25, -0.2) is 0 Å². The molecule has 0 heterocycles. The van der Waals surface area contributed by atoms with E-state index in [1.165, 1.54) is 0 Å². The molecule has 0 aliphatic carbocycles. The van der Waals surface area contributed by atoms with Crippen LogP contribution in [0.2, 0.25) is 0 Å². The highest BCUT2D eigenvalue weighted by molar-refractivity contribution is 7.68. The van der Waals surface area contributed by atoms with Crippen LogP contribution in [-0.4, -0.2) is 4.89 Å². The van der Waals surface area contributed by atoms with Gasteiger partial charge in [0.1, 0.15) is 0 Å². The van der Waals surface area contributed by atoms with Crippen LogP contribution in [0.4, 0.5) is 0 Å². The van der Waals surface area contributed by atoms with Gasteiger partial charge in [-0.3, -0.25) is 0 Å². The Labute approximate surface area is 29.1 Å². The van der Waals surface area contributed by atoms with E-state index in [4.69, 9.17) is 9.46 Å². The summed E-state index contributed by atoms with van der Waals surface area (Å²) in [4.78, 5) is 7.33. The summed E-state index contributed by atoms with van der Waals surface area (Å²) in [5, 5.41) is 0. The standard InChI is InChI=1S/ClO2P/c1-4(2)3/p+1. The molecule has 0 amide bonds. The van der Waals surface area contributed by atoms with Crippen LogP contribution >= 0.6 is 18.6 Å². The maximum Gasteiger partial charge on any atom is 0.631 e. The lowest BCUT2D eigenvalue weighted by molar-refractivity contribution is 0.518. The molecule has 0 aromatic heterocycles. The van der Waals surface area contributed by atoms with Gasteiger partial charge in [-0.05, 0) is 4.57 Å². The average molecular weight is 99.4 g/mol. The molecule has 0 saturated heterocycles. The van der Waals surface area contributed by atoms with E-state index in [-0.39, 0.29) is 0 Å². The van der Waals surface area contributed by atoms with E-state index >= 15 is 0 Å². The third-order valence-electron chi connectivity index (χ3n) is 0. The number of halogens is 1. The maximum absolute atomic E-state index is 8.91. The molecule has 0 aromatic rings. The van der Waals surface area contributed by atoms with Crippen molar-refractivity contribution in [2.24, 2.45) is 0 Å². The molecule has 1 atom stereocenters. The molecule has 0 spiro atoms. The van der Waals surface area contributed by atoms with E-state index in [2.05, 4.69) is 11.2 Å². The van der Waals surface area contributed by atoms with Crippen molar-refractivity contribution in [2.75, 3.05) is 0 Å². The van der Waals surface area contributed by atoms with Gasteiger partial charge in [0.25, 0.3) is 0 Å². The Balaban J connectivity index is 2.80. The summed E-state index contributed by atoms with van der Waals surface area (Å²) >= 11 is 4.34. The lowest BCUT2D eigenvalue weighted by Gasteiger charge is -1.29. The zero-order chi connectivity index (χ0) is 3.58. The van der Waals surface area contributed by atoms with Crippen molar-refractivity contribution < 1.29 is 9.46 Å². The fraction of sp³-hybridized carbons (Fsp3) is 0. The molecule has 0 saturated carbocycles. The van der Waals surface area contributed by atoms with Crippen molar-refractivity contribution in [3.8, 4) is 0 Å². The Bertz CT molecular complexity index is 29.0. The maximum atomic E-state index is 8.91. The fourth-order valence-corrected chi connectivity index (χ4v) is 0. The largest absolute Gasteiger partial charge is 0.631 e. The highest BCUT2D eigenvalue weighted by Crippen LogP contribution is 2.17. The summed E-state index contributed by atoms with van der Waals surface area (Å²) in [7, 11) is -2.40. The zero-order valence-corrected chi connectivity index (χ0v) is 3.33. The molecule has 0 aromatic carbocycles. The predicted octanol–water partition coefficient (Wildman–Crippen LogP) is 0.875. The number of hydrogen-bond donors (Lipinski definition) is 1. The molecule has 4 heteroatoms. The summed E-state index contributed by atoms with van der Waals surface area (Å²) in [5.74, 6) is 0. The Morgan fingerprint density at radius 1 is 2.00 bits per heavy atom. The fourth-order valence-electron chi connectivity index (χ4n) is 0. The van der Waals surface area contributed by atoms with Crippen LogP contribution in [0.25, 0.3) is 0 Å². The van der Waals surface area contributed by atoms with E-state index in [0.29, 0.717) is 0 Å². The summed E-state index contributed by atoms with van der Waals surface area (Å²) in [5.41, 5.74) is 0. The summed E-state index contributed by atoms with van der Waals surface area (Å²) < 4.78 is 8.91. The minimum atomic E-state index is -2.40. The van der Waals surface area contributed by atoms with Crippen molar-refractivity contribution in [3.05, 3.63) is 0 Å². The van der Waals surface area contributed by atoms with Gasteiger partial charge >= 0.3 is 7.38 Å². The molecule has 0 bridgehead atoms. The molecule has 0 radical (unpaired) electrons. The smallest absolute Gasteiger partial charge is 0.145 e. The Kier molecular flexibility index (Phi) is 1.79. The van der Waals surface area contributed by atoms with Gasteiger partial charge in [-0.15, -0.1) is 4.89 Å². The molecule has 0 aliphatic heterocycles. The van der Waals surface area contributed by atoms with Crippen molar-refractivity contribution in [1.82, 2.24) is 0 Å². The first-order chi connectivity index (χ1) is 1.73. The second kappa shape index (κ2) is 1.65. The second-order valence-electron chi connectivity index (χ2n) is 0.226. The quantitative estimate of drug-likeness (QED) is 0.458. The first-order valence-corrected chi connectivity index (χ1v) is 2.67. The highest BCUT2D eigenvalue weighted by atomic mass is 35.7.